The topological polar surface area (TPSA) is 0 Å². The van der Waals surface area contributed by atoms with Crippen molar-refractivity contribution in [3.05, 3.63) is 0 Å². The van der Waals surface area contributed by atoms with Crippen LogP contribution in [0.5, 0.6) is 0 Å². The van der Waals surface area contributed by atoms with Crippen molar-refractivity contribution in [2.75, 3.05) is 0 Å². The molecule has 0 spiro atoms. The molecule has 0 bridgehead atoms. The van der Waals surface area contributed by atoms with Crippen molar-refractivity contribution < 1.29 is 0 Å². The third-order valence-electron chi connectivity index (χ3n) is 2.81. The minimum atomic E-state index is -0.890. The Bertz CT molecular complexity index is 175. The zero-order valence-electron chi connectivity index (χ0n) is 11.7. The Morgan fingerprint density at radius 2 is 1.00 bits per heavy atom. The van der Waals surface area contributed by atoms with E-state index in [4.69, 9.17) is 0 Å². The van der Waals surface area contributed by atoms with Crippen molar-refractivity contribution in [1.29, 1.82) is 0 Å². The van der Waals surface area contributed by atoms with Crippen molar-refractivity contribution in [1.82, 2.24) is 0 Å². The van der Waals surface area contributed by atoms with Crippen LogP contribution in [0.2, 0.25) is 58.4 Å². The molecule has 0 heterocycles. The molecule has 14 heavy (non-hydrogen) atoms. The minimum absolute atomic E-state index is 0.431. The molecule has 86 valence electrons. The average molecular weight is 265 g/mol. The summed E-state index contributed by atoms with van der Waals surface area (Å²) < 4.78 is 0. The van der Waals surface area contributed by atoms with Crippen LogP contribution < -0.4 is 0 Å². The van der Waals surface area contributed by atoms with Crippen LogP contribution >= 0.6 is 6.57 Å². The van der Waals surface area contributed by atoms with Gasteiger partial charge >= 0.3 is 0 Å². The first kappa shape index (κ1) is 15.1. The van der Waals surface area contributed by atoms with E-state index in [2.05, 4.69) is 59.3 Å². The molecule has 0 fully saturated rings. The fourth-order valence-corrected chi connectivity index (χ4v) is 80.5. The van der Waals surface area contributed by atoms with Gasteiger partial charge in [0, 0.05) is 0 Å². The van der Waals surface area contributed by atoms with Crippen LogP contribution in [-0.4, -0.2) is 23.2 Å². The van der Waals surface area contributed by atoms with E-state index >= 15 is 0 Å². The van der Waals surface area contributed by atoms with E-state index in [-0.39, 0.29) is 0 Å². The molecule has 0 aromatic heterocycles. The summed E-state index contributed by atoms with van der Waals surface area (Å²) >= 11 is 0. The second-order valence-electron chi connectivity index (χ2n) is 6.84. The van der Waals surface area contributed by atoms with E-state index in [1.165, 1.54) is 6.04 Å². The van der Waals surface area contributed by atoms with Crippen molar-refractivity contribution in [2.45, 2.75) is 65.3 Å². The molecule has 0 saturated carbocycles. The highest BCUT2D eigenvalue weighted by molar-refractivity contribution is 8.37. The minimum Gasteiger partial charge on any atom is -0.140 e. The van der Waals surface area contributed by atoms with Crippen LogP contribution in [0.15, 0.2) is 0 Å². The molecule has 0 rings (SSSR count). The van der Waals surface area contributed by atoms with Gasteiger partial charge < -0.3 is 0 Å². The molecule has 0 aliphatic rings. The molecular weight excluding hydrogens is 235 g/mol. The largest absolute Gasteiger partial charge is 0.140 e. The lowest BCUT2D eigenvalue weighted by Gasteiger charge is -2.48. The van der Waals surface area contributed by atoms with Gasteiger partial charge in [0.15, 0.2) is 0 Å². The lowest BCUT2D eigenvalue weighted by Crippen LogP contribution is -2.44. The Morgan fingerprint density at radius 1 is 0.714 bits per heavy atom. The first-order chi connectivity index (χ1) is 5.93. The van der Waals surface area contributed by atoms with Gasteiger partial charge in [0.05, 0.1) is 23.2 Å². The van der Waals surface area contributed by atoms with Crippen LogP contribution in [0.3, 0.4) is 0 Å². The van der Waals surface area contributed by atoms with E-state index in [0.717, 1.165) is 0 Å². The first-order valence-corrected chi connectivity index (χ1v) is 19.8. The Kier molecular flexibility index (Phi) is 4.87. The molecular formula is C10H29PSi3. The van der Waals surface area contributed by atoms with Crippen molar-refractivity contribution in [3.8, 4) is 0 Å². The van der Waals surface area contributed by atoms with E-state index < -0.39 is 23.2 Å². The number of rotatable bonds is 4. The maximum Gasteiger partial charge on any atom is 0.0668 e. The van der Waals surface area contributed by atoms with Gasteiger partial charge in [-0.2, -0.15) is 0 Å². The summed E-state index contributed by atoms with van der Waals surface area (Å²) in [7, 11) is -2.67. The normalized spacial score (nSPS) is 15.0. The molecule has 0 N–H and O–H groups in total. The van der Waals surface area contributed by atoms with Gasteiger partial charge in [-0.05, 0) is 0 Å². The second kappa shape index (κ2) is 4.52. The predicted molar refractivity (Wildman–Crippen MR) is 81.6 cm³/mol. The molecule has 0 aliphatic heterocycles. The fourth-order valence-electron chi connectivity index (χ4n) is 2.98. The zero-order chi connectivity index (χ0) is 11.8. The molecule has 0 aromatic carbocycles. The van der Waals surface area contributed by atoms with Gasteiger partial charge in [-0.15, -0.1) is 6.57 Å². The molecule has 0 nitrogen and oxygen atoms in total. The molecule has 0 saturated heterocycles. The highest BCUT2D eigenvalue weighted by Gasteiger charge is 2.45. The summed E-state index contributed by atoms with van der Waals surface area (Å²) in [5.74, 6) is 0. The standard InChI is InChI=1S/C10H29PSi3/c1-10-14(8,9)11(12(2,3)4)13(5,6)7/h10H2,1-9H3. The monoisotopic (exact) mass is 264 g/mol. The summed E-state index contributed by atoms with van der Waals surface area (Å²) in [6, 6.07) is 1.49. The van der Waals surface area contributed by atoms with E-state index in [9.17, 15) is 0 Å². The Hall–Kier alpha value is 1.08. The van der Waals surface area contributed by atoms with Crippen molar-refractivity contribution in [2.24, 2.45) is 0 Å². The van der Waals surface area contributed by atoms with Crippen LogP contribution in [0.25, 0.3) is 0 Å². The smallest absolute Gasteiger partial charge is 0.0668 e. The summed E-state index contributed by atoms with van der Waals surface area (Å²) in [5, 5.41) is 0. The van der Waals surface area contributed by atoms with Gasteiger partial charge in [-0.25, -0.2) is 0 Å². The SMILES string of the molecule is CC[Si](C)(C)P([Si](C)(C)C)[Si](C)(C)C. The molecule has 0 radical (unpaired) electrons. The highest BCUT2D eigenvalue weighted by atomic mass is 31.8. The third-order valence-corrected chi connectivity index (χ3v) is 56.1. The molecule has 0 atom stereocenters. The number of hydrogen-bond donors (Lipinski definition) is 0. The summed E-state index contributed by atoms with van der Waals surface area (Å²) in [6.07, 6.45) is 0. The van der Waals surface area contributed by atoms with Crippen LogP contribution in [0, 0.1) is 0 Å². The Balaban J connectivity index is 5.14. The average Bonchev–Trinajstić information content (AvgIpc) is 1.79. The van der Waals surface area contributed by atoms with E-state index in [0.29, 0.717) is 6.57 Å². The van der Waals surface area contributed by atoms with Crippen LogP contribution in [-0.2, 0) is 0 Å². The quantitative estimate of drug-likeness (QED) is 0.473. The highest BCUT2D eigenvalue weighted by Crippen LogP contribution is 2.62. The predicted octanol–water partition coefficient (Wildman–Crippen LogP) is 5.36. The second-order valence-corrected chi connectivity index (χ2v) is 40.3. The van der Waals surface area contributed by atoms with E-state index in [1.54, 1.807) is 0 Å². The van der Waals surface area contributed by atoms with Crippen LogP contribution in [0.4, 0.5) is 0 Å². The molecule has 0 amide bonds. The third kappa shape index (κ3) is 3.92. The summed E-state index contributed by atoms with van der Waals surface area (Å²) in [5.41, 5.74) is 0. The zero-order valence-corrected chi connectivity index (χ0v) is 15.5. The molecule has 4 heteroatoms. The first-order valence-electron chi connectivity index (χ1n) is 5.73. The lowest BCUT2D eigenvalue weighted by molar-refractivity contribution is 1.40. The van der Waals surface area contributed by atoms with Gasteiger partial charge in [0.1, 0.15) is 0 Å². The fraction of sp³-hybridized carbons (Fsp3) is 1.00. The van der Waals surface area contributed by atoms with Crippen LogP contribution in [0.1, 0.15) is 6.92 Å². The van der Waals surface area contributed by atoms with Crippen molar-refractivity contribution >= 4 is 29.8 Å². The van der Waals surface area contributed by atoms with Gasteiger partial charge in [-0.1, -0.05) is 65.3 Å². The Morgan fingerprint density at radius 3 is 1.07 bits per heavy atom. The van der Waals surface area contributed by atoms with E-state index in [1.807, 2.05) is 0 Å². The molecule has 0 aliphatic carbocycles. The number of hydrogen-bond acceptors (Lipinski definition) is 0. The Labute approximate surface area is 95.2 Å². The summed E-state index contributed by atoms with van der Waals surface area (Å²) in [6.45, 7) is 23.8. The van der Waals surface area contributed by atoms with Gasteiger partial charge in [0.2, 0.25) is 0 Å². The maximum absolute atomic E-state index is 2.65. The lowest BCUT2D eigenvalue weighted by atomic mass is 11.0. The maximum atomic E-state index is 2.65. The van der Waals surface area contributed by atoms with Gasteiger partial charge in [0.25, 0.3) is 0 Å². The summed E-state index contributed by atoms with van der Waals surface area (Å²) in [4.78, 5) is 0. The molecule has 0 aromatic rings. The molecule has 0 unspecified atom stereocenters. The van der Waals surface area contributed by atoms with Crippen molar-refractivity contribution in [3.63, 3.8) is 0 Å². The van der Waals surface area contributed by atoms with Gasteiger partial charge in [-0.3, -0.25) is 0 Å².